The first kappa shape index (κ1) is 13.9. The third kappa shape index (κ3) is 2.87. The molecule has 2 aliphatic rings. The fourth-order valence-corrected chi connectivity index (χ4v) is 3.62. The maximum Gasteiger partial charge on any atom is 0.230 e. The van der Waals surface area contributed by atoms with Crippen LogP contribution in [0.25, 0.3) is 0 Å². The molecule has 1 saturated heterocycles. The summed E-state index contributed by atoms with van der Waals surface area (Å²) >= 11 is 0. The number of nitrogens with zero attached hydrogens (tertiary/aromatic N) is 1. The minimum atomic E-state index is -0.229. The average molecular weight is 252 g/mol. The van der Waals surface area contributed by atoms with Crippen molar-refractivity contribution < 1.29 is 4.79 Å². The Balaban J connectivity index is 2.07. The third-order valence-electron chi connectivity index (χ3n) is 4.85. The van der Waals surface area contributed by atoms with E-state index < -0.39 is 0 Å². The van der Waals surface area contributed by atoms with Crippen LogP contribution in [-0.4, -0.2) is 30.4 Å². The molecule has 2 N–H and O–H groups in total. The lowest BCUT2D eigenvalue weighted by atomic mass is 9.78. The summed E-state index contributed by atoms with van der Waals surface area (Å²) in [4.78, 5) is 15.0. The Hall–Kier alpha value is -0.570. The van der Waals surface area contributed by atoms with Gasteiger partial charge in [0.25, 0.3) is 0 Å². The first-order valence-electron chi connectivity index (χ1n) is 7.67. The van der Waals surface area contributed by atoms with Gasteiger partial charge in [-0.3, -0.25) is 4.79 Å². The highest BCUT2D eigenvalue weighted by Gasteiger charge is 2.40. The van der Waals surface area contributed by atoms with E-state index in [1.54, 1.807) is 0 Å². The van der Waals surface area contributed by atoms with Crippen LogP contribution < -0.4 is 5.73 Å². The fraction of sp³-hybridized carbons (Fsp3) is 0.933. The highest BCUT2D eigenvalue weighted by atomic mass is 16.2. The zero-order chi connectivity index (χ0) is 13.0. The van der Waals surface area contributed by atoms with Crippen LogP contribution in [0.2, 0.25) is 0 Å². The van der Waals surface area contributed by atoms with Crippen molar-refractivity contribution in [2.45, 2.75) is 58.3 Å². The summed E-state index contributed by atoms with van der Waals surface area (Å²) in [6.45, 7) is 4.68. The molecule has 1 saturated carbocycles. The molecule has 0 aromatic rings. The molecular formula is C15H28N2O. The van der Waals surface area contributed by atoms with E-state index in [-0.39, 0.29) is 5.41 Å². The minimum absolute atomic E-state index is 0.229. The topological polar surface area (TPSA) is 46.3 Å². The van der Waals surface area contributed by atoms with Crippen LogP contribution in [0.4, 0.5) is 0 Å². The molecule has 1 aliphatic heterocycles. The summed E-state index contributed by atoms with van der Waals surface area (Å²) in [5, 5.41) is 0. The van der Waals surface area contributed by atoms with Gasteiger partial charge >= 0.3 is 0 Å². The van der Waals surface area contributed by atoms with Gasteiger partial charge in [-0.25, -0.2) is 0 Å². The molecule has 1 unspecified atom stereocenters. The molecule has 18 heavy (non-hydrogen) atoms. The van der Waals surface area contributed by atoms with Crippen molar-refractivity contribution in [2.24, 2.45) is 17.1 Å². The summed E-state index contributed by atoms with van der Waals surface area (Å²) in [7, 11) is 0. The second-order valence-corrected chi connectivity index (χ2v) is 6.40. The number of rotatable bonds is 2. The molecule has 0 radical (unpaired) electrons. The number of carbonyl (C=O) groups excluding carboxylic acids is 1. The molecule has 104 valence electrons. The van der Waals surface area contributed by atoms with Crippen molar-refractivity contribution in [1.82, 2.24) is 4.90 Å². The van der Waals surface area contributed by atoms with Crippen molar-refractivity contribution >= 4 is 5.91 Å². The van der Waals surface area contributed by atoms with E-state index in [0.717, 1.165) is 32.4 Å². The summed E-state index contributed by atoms with van der Waals surface area (Å²) < 4.78 is 0. The second kappa shape index (κ2) is 6.05. The van der Waals surface area contributed by atoms with E-state index in [1.807, 2.05) is 0 Å². The maximum atomic E-state index is 12.9. The normalized spacial score (nSPS) is 28.8. The van der Waals surface area contributed by atoms with E-state index in [0.29, 0.717) is 18.4 Å². The lowest BCUT2D eigenvalue weighted by Gasteiger charge is -2.39. The SMILES string of the molecule is CC1CCCN(C(=O)C2(CN)CCCCCC2)C1. The fourth-order valence-electron chi connectivity index (χ4n) is 3.62. The molecule has 1 atom stereocenters. The van der Waals surface area contributed by atoms with Gasteiger partial charge in [0.1, 0.15) is 0 Å². The second-order valence-electron chi connectivity index (χ2n) is 6.40. The van der Waals surface area contributed by atoms with Gasteiger partial charge < -0.3 is 10.6 Å². The van der Waals surface area contributed by atoms with Gasteiger partial charge in [0.2, 0.25) is 5.91 Å². The quantitative estimate of drug-likeness (QED) is 0.768. The summed E-state index contributed by atoms with van der Waals surface area (Å²) in [5.41, 5.74) is 5.77. The van der Waals surface area contributed by atoms with Crippen LogP contribution in [-0.2, 0) is 4.79 Å². The summed E-state index contributed by atoms with van der Waals surface area (Å²) in [6.07, 6.45) is 9.32. The number of nitrogens with two attached hydrogens (primary N) is 1. The molecule has 0 bridgehead atoms. The molecule has 3 heteroatoms. The highest BCUT2D eigenvalue weighted by molar-refractivity contribution is 5.83. The Labute approximate surface area is 111 Å². The lowest BCUT2D eigenvalue weighted by Crippen LogP contribution is -2.50. The van der Waals surface area contributed by atoms with Gasteiger partial charge in [-0.1, -0.05) is 32.6 Å². The van der Waals surface area contributed by atoms with Gasteiger partial charge in [-0.05, 0) is 31.6 Å². The molecular weight excluding hydrogens is 224 g/mol. The summed E-state index contributed by atoms with van der Waals surface area (Å²) in [6, 6.07) is 0. The largest absolute Gasteiger partial charge is 0.342 e. The molecule has 2 rings (SSSR count). The van der Waals surface area contributed by atoms with Gasteiger partial charge in [0, 0.05) is 19.6 Å². The van der Waals surface area contributed by atoms with Gasteiger partial charge in [-0.2, -0.15) is 0 Å². The average Bonchev–Trinajstić information content (AvgIpc) is 2.64. The molecule has 3 nitrogen and oxygen atoms in total. The highest BCUT2D eigenvalue weighted by Crippen LogP contribution is 2.36. The number of hydrogen-bond acceptors (Lipinski definition) is 2. The van der Waals surface area contributed by atoms with Crippen molar-refractivity contribution in [3.05, 3.63) is 0 Å². The molecule has 1 amide bonds. The number of hydrogen-bond donors (Lipinski definition) is 1. The number of amides is 1. The predicted octanol–water partition coefficient (Wildman–Crippen LogP) is 2.54. The first-order chi connectivity index (χ1) is 8.68. The molecule has 0 aromatic carbocycles. The Morgan fingerprint density at radius 1 is 1.22 bits per heavy atom. The molecule has 2 fully saturated rings. The molecule has 0 spiro atoms. The van der Waals surface area contributed by atoms with Crippen LogP contribution in [0.3, 0.4) is 0 Å². The zero-order valence-electron chi connectivity index (χ0n) is 11.8. The van der Waals surface area contributed by atoms with Crippen LogP contribution in [0.5, 0.6) is 0 Å². The Bertz CT molecular complexity index is 282. The van der Waals surface area contributed by atoms with Gasteiger partial charge in [0.05, 0.1) is 5.41 Å². The Morgan fingerprint density at radius 3 is 2.44 bits per heavy atom. The van der Waals surface area contributed by atoms with Crippen molar-refractivity contribution in [3.8, 4) is 0 Å². The van der Waals surface area contributed by atoms with Crippen LogP contribution in [0.15, 0.2) is 0 Å². The van der Waals surface area contributed by atoms with Crippen LogP contribution in [0, 0.1) is 11.3 Å². The standard InChI is InChI=1S/C15H28N2O/c1-13-7-6-10-17(11-13)14(18)15(12-16)8-4-2-3-5-9-15/h13H,2-12,16H2,1H3. The van der Waals surface area contributed by atoms with E-state index in [1.165, 1.54) is 32.1 Å². The number of carbonyl (C=O) groups is 1. The minimum Gasteiger partial charge on any atom is -0.342 e. The van der Waals surface area contributed by atoms with E-state index in [9.17, 15) is 4.79 Å². The maximum absolute atomic E-state index is 12.9. The van der Waals surface area contributed by atoms with Gasteiger partial charge in [0.15, 0.2) is 0 Å². The third-order valence-corrected chi connectivity index (χ3v) is 4.85. The molecule has 1 aliphatic carbocycles. The Morgan fingerprint density at radius 2 is 1.89 bits per heavy atom. The number of piperidine rings is 1. The smallest absolute Gasteiger partial charge is 0.230 e. The van der Waals surface area contributed by atoms with E-state index in [4.69, 9.17) is 5.73 Å². The monoisotopic (exact) mass is 252 g/mol. The van der Waals surface area contributed by atoms with Crippen LogP contribution >= 0.6 is 0 Å². The molecule has 1 heterocycles. The Kier molecular flexibility index (Phi) is 4.66. The predicted molar refractivity (Wildman–Crippen MR) is 74.2 cm³/mol. The first-order valence-corrected chi connectivity index (χ1v) is 7.67. The van der Waals surface area contributed by atoms with E-state index in [2.05, 4.69) is 11.8 Å². The van der Waals surface area contributed by atoms with Crippen molar-refractivity contribution in [2.75, 3.05) is 19.6 Å². The van der Waals surface area contributed by atoms with Crippen LogP contribution in [0.1, 0.15) is 58.3 Å². The summed E-state index contributed by atoms with van der Waals surface area (Å²) in [5.74, 6) is 1.02. The number of likely N-dealkylation sites (tertiary alicyclic amines) is 1. The van der Waals surface area contributed by atoms with E-state index >= 15 is 0 Å². The molecule has 0 aromatic heterocycles. The zero-order valence-corrected chi connectivity index (χ0v) is 11.8. The van der Waals surface area contributed by atoms with Crippen molar-refractivity contribution in [1.29, 1.82) is 0 Å². The van der Waals surface area contributed by atoms with Crippen molar-refractivity contribution in [3.63, 3.8) is 0 Å². The lowest BCUT2D eigenvalue weighted by molar-refractivity contribution is -0.144. The van der Waals surface area contributed by atoms with Gasteiger partial charge in [-0.15, -0.1) is 0 Å².